The second kappa shape index (κ2) is 7.38. The van der Waals surface area contributed by atoms with Crippen molar-refractivity contribution < 1.29 is 5.11 Å². The number of fused-ring (bicyclic) bond motifs is 1. The van der Waals surface area contributed by atoms with Gasteiger partial charge in [-0.15, -0.1) is 0 Å². The van der Waals surface area contributed by atoms with Gasteiger partial charge in [0.15, 0.2) is 0 Å². The smallest absolute Gasteiger partial charge is 0.141 e. The molecule has 2 heterocycles. The van der Waals surface area contributed by atoms with Crippen LogP contribution in [0.1, 0.15) is 19.4 Å². The number of aromatic hydroxyl groups is 1. The van der Waals surface area contributed by atoms with Crippen LogP contribution in [-0.4, -0.2) is 53.1 Å². The van der Waals surface area contributed by atoms with E-state index in [1.807, 2.05) is 32.0 Å². The number of rotatable bonds is 2. The lowest BCUT2D eigenvalue weighted by Crippen LogP contribution is -2.43. The molecule has 21 heavy (non-hydrogen) atoms. The van der Waals surface area contributed by atoms with Crippen LogP contribution in [0, 0.1) is 0 Å². The molecule has 1 fully saturated rings. The van der Waals surface area contributed by atoms with E-state index in [9.17, 15) is 5.11 Å². The van der Waals surface area contributed by atoms with Crippen LogP contribution in [0.4, 0.5) is 0 Å². The van der Waals surface area contributed by atoms with Gasteiger partial charge < -0.3 is 10.0 Å². The number of piperazine rings is 1. The molecule has 0 amide bonds. The molecule has 1 aliphatic rings. The van der Waals surface area contributed by atoms with Gasteiger partial charge in [0.05, 0.1) is 0 Å². The average Bonchev–Trinajstić information content (AvgIpc) is 2.54. The van der Waals surface area contributed by atoms with Gasteiger partial charge in [0.2, 0.25) is 0 Å². The van der Waals surface area contributed by atoms with Crippen molar-refractivity contribution in [1.29, 1.82) is 0 Å². The van der Waals surface area contributed by atoms with Gasteiger partial charge in [-0.2, -0.15) is 0 Å². The Kier molecular flexibility index (Phi) is 5.53. The number of hydrogen-bond donors (Lipinski definition) is 1. The summed E-state index contributed by atoms with van der Waals surface area (Å²) < 4.78 is 0. The summed E-state index contributed by atoms with van der Waals surface area (Å²) >= 11 is 0. The van der Waals surface area contributed by atoms with Gasteiger partial charge in [0.1, 0.15) is 11.3 Å². The number of likely N-dealkylation sites (N-methyl/N-ethyl adjacent to an activating group) is 1. The largest absolute Gasteiger partial charge is 0.506 e. The van der Waals surface area contributed by atoms with E-state index < -0.39 is 0 Å². The number of hydrogen-bond acceptors (Lipinski definition) is 4. The summed E-state index contributed by atoms with van der Waals surface area (Å²) in [7, 11) is 2.16. The highest BCUT2D eigenvalue weighted by Gasteiger charge is 2.15. The van der Waals surface area contributed by atoms with Gasteiger partial charge >= 0.3 is 0 Å². The molecule has 114 valence electrons. The predicted molar refractivity (Wildman–Crippen MR) is 87.5 cm³/mol. The molecule has 0 spiro atoms. The lowest BCUT2D eigenvalue weighted by atomic mass is 10.1. The van der Waals surface area contributed by atoms with Crippen molar-refractivity contribution in [3.05, 3.63) is 36.0 Å². The molecule has 0 bridgehead atoms. The number of aromatic nitrogens is 1. The Balaban J connectivity index is 0.000000774. The highest BCUT2D eigenvalue weighted by Crippen LogP contribution is 2.26. The van der Waals surface area contributed by atoms with E-state index in [0.717, 1.165) is 38.1 Å². The lowest BCUT2D eigenvalue weighted by Gasteiger charge is -2.32. The molecule has 1 aromatic heterocycles. The van der Waals surface area contributed by atoms with Gasteiger partial charge in [0.25, 0.3) is 0 Å². The molecule has 4 heteroatoms. The van der Waals surface area contributed by atoms with Crippen molar-refractivity contribution in [3.8, 4) is 5.75 Å². The Bertz CT molecular complexity index is 577. The monoisotopic (exact) mass is 287 g/mol. The number of phenols is 1. The summed E-state index contributed by atoms with van der Waals surface area (Å²) in [6.45, 7) is 9.36. The minimum atomic E-state index is 0.262. The lowest BCUT2D eigenvalue weighted by molar-refractivity contribution is 0.148. The molecule has 2 aromatic rings. The van der Waals surface area contributed by atoms with Crippen molar-refractivity contribution in [1.82, 2.24) is 14.8 Å². The third-order valence-corrected chi connectivity index (χ3v) is 3.83. The van der Waals surface area contributed by atoms with Crippen LogP contribution in [0.3, 0.4) is 0 Å². The van der Waals surface area contributed by atoms with E-state index in [1.54, 1.807) is 12.3 Å². The van der Waals surface area contributed by atoms with Crippen LogP contribution in [0.2, 0.25) is 0 Å². The summed E-state index contributed by atoms with van der Waals surface area (Å²) in [6, 6.07) is 7.72. The molecule has 0 unspecified atom stereocenters. The highest BCUT2D eigenvalue weighted by molar-refractivity contribution is 5.87. The quantitative estimate of drug-likeness (QED) is 0.922. The first-order valence-corrected chi connectivity index (χ1v) is 7.70. The van der Waals surface area contributed by atoms with Crippen molar-refractivity contribution >= 4 is 10.9 Å². The molecule has 3 rings (SSSR count). The Morgan fingerprint density at radius 3 is 2.52 bits per heavy atom. The van der Waals surface area contributed by atoms with Crippen LogP contribution in [0.15, 0.2) is 30.5 Å². The molecular formula is C17H25N3O. The number of phenolic OH excluding ortho intramolecular Hbond substituents is 1. The van der Waals surface area contributed by atoms with Crippen LogP contribution in [0.25, 0.3) is 10.9 Å². The van der Waals surface area contributed by atoms with E-state index in [1.165, 1.54) is 5.56 Å². The van der Waals surface area contributed by atoms with E-state index >= 15 is 0 Å². The molecular weight excluding hydrogens is 262 g/mol. The van der Waals surface area contributed by atoms with E-state index in [0.29, 0.717) is 5.52 Å². The second-order valence-corrected chi connectivity index (χ2v) is 5.22. The Morgan fingerprint density at radius 1 is 1.10 bits per heavy atom. The van der Waals surface area contributed by atoms with Crippen LogP contribution in [0.5, 0.6) is 5.75 Å². The van der Waals surface area contributed by atoms with Gasteiger partial charge in [-0.3, -0.25) is 9.88 Å². The van der Waals surface area contributed by atoms with E-state index in [-0.39, 0.29) is 5.75 Å². The van der Waals surface area contributed by atoms with E-state index in [4.69, 9.17) is 0 Å². The molecule has 4 nitrogen and oxygen atoms in total. The van der Waals surface area contributed by atoms with Gasteiger partial charge in [-0.25, -0.2) is 0 Å². The van der Waals surface area contributed by atoms with E-state index in [2.05, 4.69) is 21.8 Å². The molecule has 1 saturated heterocycles. The van der Waals surface area contributed by atoms with Gasteiger partial charge in [0, 0.05) is 44.3 Å². The topological polar surface area (TPSA) is 39.6 Å². The van der Waals surface area contributed by atoms with Gasteiger partial charge in [-0.1, -0.05) is 26.0 Å². The molecule has 1 N–H and O–H groups in total. The highest BCUT2D eigenvalue weighted by atomic mass is 16.3. The van der Waals surface area contributed by atoms with Crippen LogP contribution in [-0.2, 0) is 6.54 Å². The first kappa shape index (κ1) is 15.7. The molecule has 0 saturated carbocycles. The second-order valence-electron chi connectivity index (χ2n) is 5.22. The fourth-order valence-electron chi connectivity index (χ4n) is 2.60. The normalized spacial score (nSPS) is 16.5. The number of benzene rings is 1. The molecule has 0 atom stereocenters. The van der Waals surface area contributed by atoms with Gasteiger partial charge in [-0.05, 0) is 24.7 Å². The first-order chi connectivity index (χ1) is 10.2. The first-order valence-electron chi connectivity index (χ1n) is 7.70. The van der Waals surface area contributed by atoms with Crippen molar-refractivity contribution in [3.63, 3.8) is 0 Å². The van der Waals surface area contributed by atoms with Crippen molar-refractivity contribution in [2.75, 3.05) is 33.2 Å². The third kappa shape index (κ3) is 3.71. The summed E-state index contributed by atoms with van der Waals surface area (Å²) in [5, 5.41) is 10.9. The molecule has 1 aliphatic heterocycles. The summed E-state index contributed by atoms with van der Waals surface area (Å²) in [4.78, 5) is 9.08. The summed E-state index contributed by atoms with van der Waals surface area (Å²) in [6.07, 6.45) is 1.72. The minimum absolute atomic E-state index is 0.262. The summed E-state index contributed by atoms with van der Waals surface area (Å²) in [5.41, 5.74) is 1.94. The Morgan fingerprint density at radius 2 is 1.81 bits per heavy atom. The zero-order valence-corrected chi connectivity index (χ0v) is 13.2. The fraction of sp³-hybridized carbons (Fsp3) is 0.471. The average molecular weight is 287 g/mol. The van der Waals surface area contributed by atoms with Crippen LogP contribution < -0.4 is 0 Å². The standard InChI is InChI=1S/C15H19N3O.C2H6/c1-17-7-9-18(10-8-17)11-12-4-5-14(19)15-13(12)3-2-6-16-15;1-2/h2-6,19H,7-11H2,1H3;1-2H3. The zero-order valence-electron chi connectivity index (χ0n) is 13.2. The predicted octanol–water partition coefficient (Wildman–Crippen LogP) is 2.71. The molecule has 1 aromatic carbocycles. The van der Waals surface area contributed by atoms with Crippen molar-refractivity contribution in [2.45, 2.75) is 20.4 Å². The Labute approximate surface area is 127 Å². The third-order valence-electron chi connectivity index (χ3n) is 3.83. The number of nitrogens with zero attached hydrogens (tertiary/aromatic N) is 3. The maximum atomic E-state index is 9.85. The molecule has 0 radical (unpaired) electrons. The number of pyridine rings is 1. The fourth-order valence-corrected chi connectivity index (χ4v) is 2.60. The minimum Gasteiger partial charge on any atom is -0.506 e. The Hall–Kier alpha value is -1.65. The SMILES string of the molecule is CC.CN1CCN(Cc2ccc(O)c3ncccc23)CC1. The van der Waals surface area contributed by atoms with Crippen molar-refractivity contribution in [2.24, 2.45) is 0 Å². The molecule has 0 aliphatic carbocycles. The van der Waals surface area contributed by atoms with Crippen LogP contribution >= 0.6 is 0 Å². The zero-order chi connectivity index (χ0) is 15.2. The summed E-state index contributed by atoms with van der Waals surface area (Å²) in [5.74, 6) is 0.262. The maximum Gasteiger partial charge on any atom is 0.141 e. The maximum absolute atomic E-state index is 9.85.